The van der Waals surface area contributed by atoms with Crippen molar-refractivity contribution < 1.29 is 19.2 Å². The summed E-state index contributed by atoms with van der Waals surface area (Å²) < 4.78 is 1.13. The normalized spacial score (nSPS) is 14.1. The van der Waals surface area contributed by atoms with Crippen molar-refractivity contribution in [1.82, 2.24) is 5.06 Å². The summed E-state index contributed by atoms with van der Waals surface area (Å²) in [7, 11) is 2.00. The van der Waals surface area contributed by atoms with Gasteiger partial charge >= 0.3 is 5.97 Å². The molecule has 238 valence electrons. The highest BCUT2D eigenvalue weighted by atomic mass is 32.1. The molecule has 47 heavy (non-hydrogen) atoms. The number of carbonyl (C=O) groups is 3. The van der Waals surface area contributed by atoms with Gasteiger partial charge in [0.25, 0.3) is 11.8 Å². The van der Waals surface area contributed by atoms with E-state index in [2.05, 4.69) is 60.0 Å². The standard InChI is InChI=1S/C38H35N3O5S/c1-4-16-40(17-5-2)27-8-10-29-33(21-27)47-34-22-28(42)9-11-30(34)37(29)23-6-12-31-25(18-23)20-26-19-24(7-13-32(26)39(31)3)38(45)46-41-35(43)14-15-36(41)44/h6-13,18-19,21-22H,4-5,14-17,20H2,1-3H3. The first kappa shape index (κ1) is 30.6. The van der Waals surface area contributed by atoms with Crippen LogP contribution in [0.3, 0.4) is 0 Å². The molecule has 0 radical (unpaired) electrons. The number of fused-ring (bicyclic) bond motifs is 4. The van der Waals surface area contributed by atoms with E-state index in [4.69, 9.17) is 4.84 Å². The molecule has 3 aromatic carbocycles. The summed E-state index contributed by atoms with van der Waals surface area (Å²) in [5, 5.41) is 1.72. The summed E-state index contributed by atoms with van der Waals surface area (Å²) in [6, 6.07) is 23.8. The number of benzene rings is 4. The lowest BCUT2D eigenvalue weighted by Gasteiger charge is -2.31. The Bertz CT molecular complexity index is 2080. The molecule has 8 nitrogen and oxygen atoms in total. The molecule has 1 saturated heterocycles. The molecule has 1 aliphatic carbocycles. The zero-order valence-corrected chi connectivity index (χ0v) is 27.5. The molecule has 7 rings (SSSR count). The van der Waals surface area contributed by atoms with Crippen LogP contribution in [0, 0.1) is 0 Å². The Kier molecular flexibility index (Phi) is 8.01. The summed E-state index contributed by atoms with van der Waals surface area (Å²) in [5.41, 5.74) is 8.69. The third-order valence-corrected chi connectivity index (χ3v) is 10.1. The molecule has 3 aliphatic heterocycles. The van der Waals surface area contributed by atoms with Gasteiger partial charge in [0.2, 0.25) is 0 Å². The van der Waals surface area contributed by atoms with Gasteiger partial charge in [0.1, 0.15) is 0 Å². The van der Waals surface area contributed by atoms with Crippen LogP contribution in [0.25, 0.3) is 31.7 Å². The minimum Gasteiger partial charge on any atom is -0.372 e. The molecule has 0 spiro atoms. The van der Waals surface area contributed by atoms with E-state index in [0.29, 0.717) is 11.5 Å². The summed E-state index contributed by atoms with van der Waals surface area (Å²) >= 11 is 1.65. The minimum atomic E-state index is -0.740. The third-order valence-electron chi connectivity index (χ3n) is 9.00. The number of carbonyl (C=O) groups excluding carboxylic acids is 3. The van der Waals surface area contributed by atoms with Crippen molar-refractivity contribution in [3.05, 3.63) is 99.7 Å². The van der Waals surface area contributed by atoms with Gasteiger partial charge < -0.3 is 14.6 Å². The molecule has 3 heterocycles. The minimum absolute atomic E-state index is 0.00901. The zero-order chi connectivity index (χ0) is 32.8. The second-order valence-electron chi connectivity index (χ2n) is 12.2. The third kappa shape index (κ3) is 5.54. The van der Waals surface area contributed by atoms with Gasteiger partial charge in [-0.2, -0.15) is 0 Å². The molecular formula is C38H35N3O5S. The van der Waals surface area contributed by atoms with Crippen LogP contribution in [-0.2, 0) is 20.8 Å². The predicted molar refractivity (Wildman–Crippen MR) is 187 cm³/mol. The predicted octanol–water partition coefficient (Wildman–Crippen LogP) is 7.55. The highest BCUT2D eigenvalue weighted by Gasteiger charge is 2.33. The van der Waals surface area contributed by atoms with Crippen LogP contribution in [0.15, 0.2) is 77.6 Å². The van der Waals surface area contributed by atoms with Gasteiger partial charge in [-0.25, -0.2) is 4.79 Å². The molecule has 9 heteroatoms. The summed E-state index contributed by atoms with van der Waals surface area (Å²) in [6.07, 6.45) is 2.80. The Balaban J connectivity index is 1.29. The van der Waals surface area contributed by atoms with Crippen molar-refractivity contribution in [2.24, 2.45) is 0 Å². The fourth-order valence-electron chi connectivity index (χ4n) is 6.80. The second-order valence-corrected chi connectivity index (χ2v) is 13.3. The van der Waals surface area contributed by atoms with Crippen LogP contribution < -0.4 is 15.2 Å². The van der Waals surface area contributed by atoms with Crippen LogP contribution in [0.5, 0.6) is 0 Å². The first-order valence-electron chi connectivity index (χ1n) is 16.1. The summed E-state index contributed by atoms with van der Waals surface area (Å²) in [4.78, 5) is 60.1. The van der Waals surface area contributed by atoms with E-state index in [1.807, 2.05) is 19.2 Å². The van der Waals surface area contributed by atoms with Crippen molar-refractivity contribution in [2.75, 3.05) is 29.9 Å². The lowest BCUT2D eigenvalue weighted by Crippen LogP contribution is -2.32. The Morgan fingerprint density at radius 3 is 2.26 bits per heavy atom. The Labute approximate surface area is 277 Å². The van der Waals surface area contributed by atoms with Crippen molar-refractivity contribution in [2.45, 2.75) is 46.0 Å². The number of rotatable bonds is 8. The summed E-state index contributed by atoms with van der Waals surface area (Å²) in [6.45, 7) is 6.38. The van der Waals surface area contributed by atoms with Crippen LogP contribution in [-0.4, -0.2) is 43.0 Å². The fraction of sp³-hybridized carbons (Fsp3) is 0.263. The van der Waals surface area contributed by atoms with E-state index in [-0.39, 0.29) is 23.8 Å². The Morgan fingerprint density at radius 1 is 0.830 bits per heavy atom. The lowest BCUT2D eigenvalue weighted by molar-refractivity contribution is -0.172. The number of anilines is 3. The van der Waals surface area contributed by atoms with Crippen molar-refractivity contribution in [3.8, 4) is 21.6 Å². The number of hydroxylamine groups is 2. The molecule has 4 aliphatic rings. The Hall–Kier alpha value is -5.02. The van der Waals surface area contributed by atoms with Crippen molar-refractivity contribution >= 4 is 56.3 Å². The van der Waals surface area contributed by atoms with Crippen molar-refractivity contribution in [3.63, 3.8) is 0 Å². The van der Waals surface area contributed by atoms with E-state index in [9.17, 15) is 19.2 Å². The molecule has 0 atom stereocenters. The molecule has 0 aromatic heterocycles. The highest BCUT2D eigenvalue weighted by molar-refractivity contribution is 7.21. The lowest BCUT2D eigenvalue weighted by atomic mass is 9.89. The topological polar surface area (TPSA) is 87.2 Å². The maximum atomic E-state index is 12.9. The second kappa shape index (κ2) is 12.3. The van der Waals surface area contributed by atoms with Gasteiger partial charge in [-0.1, -0.05) is 26.0 Å². The summed E-state index contributed by atoms with van der Waals surface area (Å²) in [5.74, 6) is -1.76. The van der Waals surface area contributed by atoms with Gasteiger partial charge in [-0.3, -0.25) is 14.4 Å². The van der Waals surface area contributed by atoms with Crippen LogP contribution in [0.4, 0.5) is 17.1 Å². The molecule has 0 saturated carbocycles. The van der Waals surface area contributed by atoms with E-state index < -0.39 is 17.8 Å². The van der Waals surface area contributed by atoms with Gasteiger partial charge in [0.15, 0.2) is 5.43 Å². The van der Waals surface area contributed by atoms with E-state index in [1.54, 1.807) is 35.6 Å². The SMILES string of the molecule is CCCN(CCC)c1ccc2c(-c3ccc4c(c3)Cc3cc(C(=O)ON5C(=O)CCC5=O)ccc3N4C)c3ccc(=O)cc-3sc2c1. The van der Waals surface area contributed by atoms with Gasteiger partial charge in [0.05, 0.1) is 5.56 Å². The first-order valence-corrected chi connectivity index (χ1v) is 16.9. The van der Waals surface area contributed by atoms with E-state index in [0.717, 1.165) is 80.1 Å². The largest absolute Gasteiger partial charge is 0.372 e. The number of amides is 2. The average Bonchev–Trinajstić information content (AvgIpc) is 3.38. The number of hydrogen-bond acceptors (Lipinski definition) is 8. The molecule has 2 amide bonds. The number of imide groups is 1. The van der Waals surface area contributed by atoms with Crippen LogP contribution in [0.2, 0.25) is 0 Å². The Morgan fingerprint density at radius 2 is 1.53 bits per heavy atom. The van der Waals surface area contributed by atoms with Crippen LogP contribution in [0.1, 0.15) is 61.0 Å². The van der Waals surface area contributed by atoms with E-state index in [1.165, 1.54) is 5.69 Å². The smallest absolute Gasteiger partial charge is 0.363 e. The first-order chi connectivity index (χ1) is 22.7. The number of hydrogen-bond donors (Lipinski definition) is 0. The molecule has 1 fully saturated rings. The number of nitrogens with zero attached hydrogens (tertiary/aromatic N) is 3. The molecule has 3 aromatic rings. The van der Waals surface area contributed by atoms with Crippen LogP contribution >= 0.6 is 11.3 Å². The van der Waals surface area contributed by atoms with Gasteiger partial charge in [0, 0.05) is 83.1 Å². The zero-order valence-electron chi connectivity index (χ0n) is 26.7. The van der Waals surface area contributed by atoms with Gasteiger partial charge in [-0.15, -0.1) is 16.4 Å². The quantitative estimate of drug-likeness (QED) is 0.127. The highest BCUT2D eigenvalue weighted by Crippen LogP contribution is 2.46. The average molecular weight is 646 g/mol. The van der Waals surface area contributed by atoms with Crippen molar-refractivity contribution in [1.29, 1.82) is 0 Å². The fourth-order valence-corrected chi connectivity index (χ4v) is 7.95. The van der Waals surface area contributed by atoms with E-state index >= 15 is 0 Å². The molecule has 0 N–H and O–H groups in total. The monoisotopic (exact) mass is 645 g/mol. The van der Waals surface area contributed by atoms with Gasteiger partial charge in [-0.05, 0) is 89.7 Å². The molecule has 0 bridgehead atoms. The maximum Gasteiger partial charge on any atom is 0.363 e. The maximum absolute atomic E-state index is 12.9. The molecular weight excluding hydrogens is 611 g/mol. The molecule has 0 unspecified atom stereocenters.